The second-order valence-electron chi connectivity index (χ2n) is 8.11. The van der Waals surface area contributed by atoms with Gasteiger partial charge in [-0.1, -0.05) is 12.1 Å². The predicted octanol–water partition coefficient (Wildman–Crippen LogP) is 1.44. The first-order valence-corrected chi connectivity index (χ1v) is 10.8. The van der Waals surface area contributed by atoms with Crippen LogP contribution >= 0.6 is 0 Å². The average molecular weight is 444 g/mol. The van der Waals surface area contributed by atoms with Crippen molar-refractivity contribution in [3.63, 3.8) is 0 Å². The highest BCUT2D eigenvalue weighted by molar-refractivity contribution is 5.88. The van der Waals surface area contributed by atoms with Crippen LogP contribution in [-0.2, 0) is 22.6 Å². The molecule has 2 amide bonds. The van der Waals surface area contributed by atoms with Gasteiger partial charge in [0.25, 0.3) is 0 Å². The lowest BCUT2D eigenvalue weighted by molar-refractivity contribution is -0.138. The second kappa shape index (κ2) is 10.5. The van der Waals surface area contributed by atoms with Crippen LogP contribution in [0.2, 0.25) is 0 Å². The number of carbonyl (C=O) groups excluding carboxylic acids is 2. The number of H-pyrrole nitrogens is 1. The minimum Gasteiger partial charge on any atom is -0.493 e. The van der Waals surface area contributed by atoms with Crippen molar-refractivity contribution >= 4 is 11.8 Å². The molecule has 9 heteroatoms. The summed E-state index contributed by atoms with van der Waals surface area (Å²) in [4.78, 5) is 29.4. The van der Waals surface area contributed by atoms with Crippen LogP contribution in [0.1, 0.15) is 28.9 Å². The Morgan fingerprint density at radius 1 is 1.28 bits per heavy atom. The first-order valence-electron chi connectivity index (χ1n) is 10.8. The third-order valence-corrected chi connectivity index (χ3v) is 6.07. The van der Waals surface area contributed by atoms with Gasteiger partial charge in [0.05, 0.1) is 32.4 Å². The molecule has 174 valence electrons. The van der Waals surface area contributed by atoms with Gasteiger partial charge in [-0.2, -0.15) is 5.10 Å². The number of amides is 2. The summed E-state index contributed by atoms with van der Waals surface area (Å²) in [7, 11) is 4.98. The van der Waals surface area contributed by atoms with Gasteiger partial charge < -0.3 is 19.7 Å². The Bertz CT molecular complexity index is 938. The molecule has 0 radical (unpaired) electrons. The van der Waals surface area contributed by atoms with Gasteiger partial charge in [0.1, 0.15) is 0 Å². The maximum absolute atomic E-state index is 13.0. The van der Waals surface area contributed by atoms with E-state index in [4.69, 9.17) is 9.47 Å². The number of rotatable bonds is 9. The van der Waals surface area contributed by atoms with Gasteiger partial charge in [0.15, 0.2) is 11.5 Å². The molecule has 1 aromatic heterocycles. The minimum atomic E-state index is -0.535. The van der Waals surface area contributed by atoms with Gasteiger partial charge in [0, 0.05) is 44.5 Å². The summed E-state index contributed by atoms with van der Waals surface area (Å²) >= 11 is 0. The van der Waals surface area contributed by atoms with Gasteiger partial charge in [-0.3, -0.25) is 19.6 Å². The van der Waals surface area contributed by atoms with Crippen molar-refractivity contribution < 1.29 is 19.1 Å². The normalized spacial score (nSPS) is 16.5. The molecule has 2 N–H and O–H groups in total. The van der Waals surface area contributed by atoms with Gasteiger partial charge in [0.2, 0.25) is 11.8 Å². The number of aromatic amines is 1. The molecule has 9 nitrogen and oxygen atoms in total. The molecule has 2 heterocycles. The molecule has 1 fully saturated rings. The Morgan fingerprint density at radius 3 is 2.72 bits per heavy atom. The van der Waals surface area contributed by atoms with E-state index in [0.717, 1.165) is 28.9 Å². The molecule has 2 aromatic rings. The maximum atomic E-state index is 13.0. The molecule has 1 saturated heterocycles. The van der Waals surface area contributed by atoms with Crippen molar-refractivity contribution in [2.24, 2.45) is 0 Å². The van der Waals surface area contributed by atoms with E-state index < -0.39 is 6.04 Å². The standard InChI is InChI=1S/C23H33N5O4/c1-15-18(16(2)26-25-15)9-11-27(3)21(29)13-19-23(30)24-10-12-28(19)14-17-7-6-8-20(31-4)22(17)32-5/h6-8,19H,9-14H2,1-5H3,(H,24,30)(H,25,26)/t19-/m1/s1. The molecular weight excluding hydrogens is 410 g/mol. The topological polar surface area (TPSA) is 99.8 Å². The van der Waals surface area contributed by atoms with E-state index in [1.165, 1.54) is 0 Å². The Hall–Kier alpha value is -3.07. The number of methoxy groups -OCH3 is 2. The molecule has 1 aromatic carbocycles. The van der Waals surface area contributed by atoms with Crippen molar-refractivity contribution in [2.45, 2.75) is 39.3 Å². The zero-order chi connectivity index (χ0) is 23.3. The van der Waals surface area contributed by atoms with Crippen LogP contribution in [0.5, 0.6) is 11.5 Å². The third kappa shape index (κ3) is 5.21. The number of piperazine rings is 1. The Balaban J connectivity index is 1.68. The van der Waals surface area contributed by atoms with Gasteiger partial charge in [-0.25, -0.2) is 0 Å². The number of nitrogens with zero attached hydrogens (tertiary/aromatic N) is 3. The lowest BCUT2D eigenvalue weighted by Gasteiger charge is -2.35. The Labute approximate surface area is 189 Å². The number of benzene rings is 1. The molecule has 0 bridgehead atoms. The monoisotopic (exact) mass is 443 g/mol. The minimum absolute atomic E-state index is 0.0616. The molecule has 0 unspecified atom stereocenters. The van der Waals surface area contributed by atoms with E-state index in [-0.39, 0.29) is 18.2 Å². The number of nitrogens with one attached hydrogen (secondary N) is 2. The summed E-state index contributed by atoms with van der Waals surface area (Å²) in [5.41, 5.74) is 4.02. The van der Waals surface area contributed by atoms with Crippen molar-refractivity contribution in [2.75, 3.05) is 40.9 Å². The number of carbonyl (C=O) groups is 2. The van der Waals surface area contributed by atoms with Crippen LogP contribution in [0.4, 0.5) is 0 Å². The highest BCUT2D eigenvalue weighted by Gasteiger charge is 2.33. The SMILES string of the molecule is COc1cccc(CN2CCNC(=O)[C@H]2CC(=O)N(C)CCc2c(C)n[nH]c2C)c1OC. The molecule has 0 spiro atoms. The van der Waals surface area contributed by atoms with Crippen LogP contribution in [0, 0.1) is 13.8 Å². The van der Waals surface area contributed by atoms with Crippen molar-refractivity contribution in [3.05, 3.63) is 40.7 Å². The number of hydrogen-bond acceptors (Lipinski definition) is 6. The van der Waals surface area contributed by atoms with Crippen LogP contribution in [-0.4, -0.2) is 78.8 Å². The third-order valence-electron chi connectivity index (χ3n) is 6.07. The van der Waals surface area contributed by atoms with Crippen molar-refractivity contribution in [3.8, 4) is 11.5 Å². The van der Waals surface area contributed by atoms with Gasteiger partial charge in [-0.15, -0.1) is 0 Å². The maximum Gasteiger partial charge on any atom is 0.237 e. The lowest BCUT2D eigenvalue weighted by atomic mass is 10.0. The molecular formula is C23H33N5O4. The highest BCUT2D eigenvalue weighted by atomic mass is 16.5. The van der Waals surface area contributed by atoms with E-state index in [9.17, 15) is 9.59 Å². The van der Waals surface area contributed by atoms with E-state index >= 15 is 0 Å². The molecule has 3 rings (SSSR count). The molecule has 32 heavy (non-hydrogen) atoms. The van der Waals surface area contributed by atoms with E-state index in [1.54, 1.807) is 26.2 Å². The largest absolute Gasteiger partial charge is 0.493 e. The fourth-order valence-electron chi connectivity index (χ4n) is 4.14. The highest BCUT2D eigenvalue weighted by Crippen LogP contribution is 2.32. The molecule has 1 atom stereocenters. The molecule has 1 aliphatic heterocycles. The van der Waals surface area contributed by atoms with Gasteiger partial charge in [-0.05, 0) is 31.9 Å². The number of aromatic nitrogens is 2. The molecule has 1 aliphatic rings. The molecule has 0 aliphatic carbocycles. The lowest BCUT2D eigenvalue weighted by Crippen LogP contribution is -2.56. The average Bonchev–Trinajstić information content (AvgIpc) is 3.11. The summed E-state index contributed by atoms with van der Waals surface area (Å²) in [6.45, 7) is 6.19. The summed E-state index contributed by atoms with van der Waals surface area (Å²) in [6.07, 6.45) is 0.843. The summed E-state index contributed by atoms with van der Waals surface area (Å²) in [5, 5.41) is 10.1. The molecule has 0 saturated carbocycles. The smallest absolute Gasteiger partial charge is 0.237 e. The Morgan fingerprint density at radius 2 is 2.06 bits per heavy atom. The predicted molar refractivity (Wildman–Crippen MR) is 121 cm³/mol. The number of para-hydroxylation sites is 1. The van der Waals surface area contributed by atoms with Crippen LogP contribution in [0.25, 0.3) is 0 Å². The number of aryl methyl sites for hydroxylation is 2. The zero-order valence-corrected chi connectivity index (χ0v) is 19.5. The van der Waals surface area contributed by atoms with Crippen LogP contribution in [0.15, 0.2) is 18.2 Å². The fraction of sp³-hybridized carbons (Fsp3) is 0.522. The number of ether oxygens (including phenoxy) is 2. The Kier molecular flexibility index (Phi) is 7.74. The first-order chi connectivity index (χ1) is 15.3. The van der Waals surface area contributed by atoms with Crippen molar-refractivity contribution in [1.29, 1.82) is 0 Å². The summed E-state index contributed by atoms with van der Waals surface area (Å²) in [5.74, 6) is 1.10. The van der Waals surface area contributed by atoms with Crippen molar-refractivity contribution in [1.82, 2.24) is 25.3 Å². The quantitative estimate of drug-likeness (QED) is 0.608. The van der Waals surface area contributed by atoms with E-state index in [1.807, 2.05) is 36.9 Å². The first kappa shape index (κ1) is 23.6. The number of hydrogen-bond donors (Lipinski definition) is 2. The number of likely N-dealkylation sites (N-methyl/N-ethyl adjacent to an activating group) is 1. The summed E-state index contributed by atoms with van der Waals surface area (Å²) < 4.78 is 10.9. The van der Waals surface area contributed by atoms with Crippen LogP contribution in [0.3, 0.4) is 0 Å². The van der Waals surface area contributed by atoms with E-state index in [2.05, 4.69) is 15.5 Å². The van der Waals surface area contributed by atoms with Crippen LogP contribution < -0.4 is 14.8 Å². The summed E-state index contributed by atoms with van der Waals surface area (Å²) in [6, 6.07) is 5.15. The zero-order valence-electron chi connectivity index (χ0n) is 19.5. The van der Waals surface area contributed by atoms with Gasteiger partial charge >= 0.3 is 0 Å². The second-order valence-corrected chi connectivity index (χ2v) is 8.11. The van der Waals surface area contributed by atoms with E-state index in [0.29, 0.717) is 37.7 Å². The fourth-order valence-corrected chi connectivity index (χ4v) is 4.14.